The Morgan fingerprint density at radius 2 is 1.67 bits per heavy atom. The maximum absolute atomic E-state index is 10.7. The topological polar surface area (TPSA) is 160 Å². The summed E-state index contributed by atoms with van der Waals surface area (Å²) < 4.78 is 0. The Morgan fingerprint density at radius 1 is 1.17 bits per heavy atom. The summed E-state index contributed by atoms with van der Waals surface area (Å²) in [6.07, 6.45) is 0. The molecule has 0 bridgehead atoms. The highest BCUT2D eigenvalue weighted by molar-refractivity contribution is 5.49. The quantitative estimate of drug-likeness (QED) is 0.263. The molecule has 0 saturated heterocycles. The molecule has 1 aromatic rings. The largest absolute Gasteiger partial charge is 0.294 e. The third kappa shape index (κ3) is 1.81. The summed E-state index contributed by atoms with van der Waals surface area (Å²) in [7, 11) is 0. The van der Waals surface area contributed by atoms with Crippen molar-refractivity contribution in [3.8, 4) is 0 Å². The van der Waals surface area contributed by atoms with Gasteiger partial charge in [0.1, 0.15) is 0 Å². The Hall–Kier alpha value is -3.07. The first kappa shape index (κ1) is 11.4. The third-order valence-corrected chi connectivity index (χ3v) is 2.19. The summed E-state index contributed by atoms with van der Waals surface area (Å²) in [5, 5.41) is 31.5. The van der Waals surface area contributed by atoms with Gasteiger partial charge in [-0.3, -0.25) is 20.2 Å². The van der Waals surface area contributed by atoms with Crippen LogP contribution in [0.2, 0.25) is 0 Å². The molecule has 11 heteroatoms. The van der Waals surface area contributed by atoms with Crippen molar-refractivity contribution in [1.82, 2.24) is 0 Å². The van der Waals surface area contributed by atoms with Gasteiger partial charge in [-0.1, -0.05) is 0 Å². The van der Waals surface area contributed by atoms with E-state index < -0.39 is 27.0 Å². The van der Waals surface area contributed by atoms with Gasteiger partial charge in [-0.25, -0.2) is 0 Å². The molecule has 11 nitrogen and oxygen atoms in total. The fourth-order valence-corrected chi connectivity index (χ4v) is 1.32. The maximum atomic E-state index is 10.7. The normalized spacial score (nSPS) is 14.7. The molecular formula is C7H3N7O4. The Balaban J connectivity index is 2.57. The molecule has 2 rings (SSSR count). The zero-order chi connectivity index (χ0) is 13.3. The summed E-state index contributed by atoms with van der Waals surface area (Å²) in [4.78, 5) is 22.2. The van der Waals surface area contributed by atoms with Crippen LogP contribution in [0, 0.1) is 20.2 Å². The Labute approximate surface area is 97.7 Å². The first-order valence-corrected chi connectivity index (χ1v) is 4.43. The van der Waals surface area contributed by atoms with Crippen molar-refractivity contribution in [3.63, 3.8) is 0 Å². The van der Waals surface area contributed by atoms with Gasteiger partial charge in [0.15, 0.2) is 0 Å². The molecule has 1 aliphatic heterocycles. The van der Waals surface area contributed by atoms with Crippen molar-refractivity contribution in [3.05, 3.63) is 54.4 Å². The number of nitro groups is 2. The molecule has 90 valence electrons. The number of hydrogen-bond acceptors (Lipinski definition) is 7. The van der Waals surface area contributed by atoms with Crippen molar-refractivity contribution in [1.29, 1.82) is 0 Å². The summed E-state index contributed by atoms with van der Waals surface area (Å²) >= 11 is 0. The maximum Gasteiger partial charge on any atom is 0.294 e. The molecule has 0 fully saturated rings. The van der Waals surface area contributed by atoms with Crippen LogP contribution in [0.1, 0.15) is 5.56 Å². The molecule has 1 heterocycles. The second-order valence-corrected chi connectivity index (χ2v) is 3.28. The highest BCUT2D eigenvalue weighted by Gasteiger charge is 2.43. The zero-order valence-electron chi connectivity index (χ0n) is 8.50. The van der Waals surface area contributed by atoms with Crippen LogP contribution < -0.4 is 0 Å². The minimum atomic E-state index is -1.61. The van der Waals surface area contributed by atoms with Gasteiger partial charge in [0.25, 0.3) is 17.2 Å². The van der Waals surface area contributed by atoms with E-state index in [1.54, 1.807) is 0 Å². The molecule has 0 aliphatic carbocycles. The van der Waals surface area contributed by atoms with E-state index in [2.05, 4.69) is 20.3 Å². The fourth-order valence-electron chi connectivity index (χ4n) is 1.32. The monoisotopic (exact) mass is 249 g/mol. The predicted octanol–water partition coefficient (Wildman–Crippen LogP) is 2.39. The van der Waals surface area contributed by atoms with E-state index in [1.165, 1.54) is 0 Å². The van der Waals surface area contributed by atoms with E-state index in [9.17, 15) is 20.2 Å². The number of nitrogens with zero attached hydrogens (tertiary/aromatic N) is 7. The standard InChI is InChI=1S/C7H3N7O4/c8-12-11-7(9-10-7)4-1-5(13(15)16)3-6(2-4)14(17)18/h1-3H. The number of benzene rings is 1. The molecule has 18 heavy (non-hydrogen) atoms. The van der Waals surface area contributed by atoms with Gasteiger partial charge in [-0.15, -0.1) is 10.2 Å². The molecule has 0 spiro atoms. The molecule has 1 aromatic carbocycles. The first-order chi connectivity index (χ1) is 8.48. The van der Waals surface area contributed by atoms with E-state index in [0.29, 0.717) is 0 Å². The second kappa shape index (κ2) is 3.75. The number of non-ortho nitro benzene ring substituents is 2. The predicted molar refractivity (Wildman–Crippen MR) is 55.4 cm³/mol. The van der Waals surface area contributed by atoms with Crippen LogP contribution in [0.3, 0.4) is 0 Å². The summed E-state index contributed by atoms with van der Waals surface area (Å²) in [6, 6.07) is 2.86. The number of azide groups is 1. The van der Waals surface area contributed by atoms with Gasteiger partial charge >= 0.3 is 0 Å². The Morgan fingerprint density at radius 3 is 2.00 bits per heavy atom. The lowest BCUT2D eigenvalue weighted by Gasteiger charge is -2.03. The van der Waals surface area contributed by atoms with Crippen LogP contribution in [0.15, 0.2) is 33.5 Å². The van der Waals surface area contributed by atoms with Crippen LogP contribution in [0.5, 0.6) is 0 Å². The summed E-state index contributed by atoms with van der Waals surface area (Å²) in [5.41, 5.74) is 7.33. The van der Waals surface area contributed by atoms with Crippen LogP contribution in [-0.2, 0) is 5.79 Å². The van der Waals surface area contributed by atoms with Crippen molar-refractivity contribution in [2.24, 2.45) is 15.3 Å². The smallest absolute Gasteiger partial charge is 0.258 e. The van der Waals surface area contributed by atoms with E-state index in [0.717, 1.165) is 18.2 Å². The highest BCUT2D eigenvalue weighted by Crippen LogP contribution is 2.43. The van der Waals surface area contributed by atoms with Crippen molar-refractivity contribution >= 4 is 11.4 Å². The van der Waals surface area contributed by atoms with Gasteiger partial charge in [-0.05, 0) is 10.6 Å². The highest BCUT2D eigenvalue weighted by atomic mass is 16.6. The molecule has 1 aliphatic rings. The lowest BCUT2D eigenvalue weighted by Crippen LogP contribution is -2.05. The average molecular weight is 249 g/mol. The molecule has 0 amide bonds. The van der Waals surface area contributed by atoms with Gasteiger partial charge in [0.2, 0.25) is 0 Å². The lowest BCUT2D eigenvalue weighted by molar-refractivity contribution is -0.394. The summed E-state index contributed by atoms with van der Waals surface area (Å²) in [6.45, 7) is 0. The number of nitro benzene ring substituents is 2. The minimum Gasteiger partial charge on any atom is -0.258 e. The molecule has 0 unspecified atom stereocenters. The number of hydrogen-bond donors (Lipinski definition) is 0. The summed E-state index contributed by atoms with van der Waals surface area (Å²) in [5.74, 6) is -1.61. The van der Waals surface area contributed by atoms with Crippen molar-refractivity contribution < 1.29 is 9.85 Å². The Kier molecular flexibility index (Phi) is 2.38. The van der Waals surface area contributed by atoms with Crippen LogP contribution in [0.4, 0.5) is 11.4 Å². The number of rotatable bonds is 4. The lowest BCUT2D eigenvalue weighted by atomic mass is 10.1. The zero-order valence-corrected chi connectivity index (χ0v) is 8.50. The van der Waals surface area contributed by atoms with Crippen molar-refractivity contribution in [2.75, 3.05) is 0 Å². The molecule has 0 radical (unpaired) electrons. The minimum absolute atomic E-state index is 0.0128. The fraction of sp³-hybridized carbons (Fsp3) is 0.143. The van der Waals surface area contributed by atoms with Gasteiger partial charge in [0.05, 0.1) is 15.9 Å². The molecule has 0 N–H and O–H groups in total. The third-order valence-electron chi connectivity index (χ3n) is 2.19. The average Bonchev–Trinajstić information content (AvgIpc) is 3.10. The van der Waals surface area contributed by atoms with E-state index in [-0.39, 0.29) is 5.56 Å². The Bertz CT molecular complexity index is 594. The van der Waals surface area contributed by atoms with E-state index in [1.807, 2.05) is 0 Å². The van der Waals surface area contributed by atoms with Crippen molar-refractivity contribution in [2.45, 2.75) is 5.79 Å². The molecule has 0 saturated carbocycles. The van der Waals surface area contributed by atoms with Gasteiger partial charge < -0.3 is 0 Å². The molecule has 0 atom stereocenters. The van der Waals surface area contributed by atoms with E-state index >= 15 is 0 Å². The van der Waals surface area contributed by atoms with Crippen LogP contribution >= 0.6 is 0 Å². The second-order valence-electron chi connectivity index (χ2n) is 3.28. The first-order valence-electron chi connectivity index (χ1n) is 4.43. The van der Waals surface area contributed by atoms with Crippen LogP contribution in [0.25, 0.3) is 10.4 Å². The van der Waals surface area contributed by atoms with Crippen LogP contribution in [-0.4, -0.2) is 9.85 Å². The van der Waals surface area contributed by atoms with E-state index in [4.69, 9.17) is 5.53 Å². The molecular weight excluding hydrogens is 246 g/mol. The van der Waals surface area contributed by atoms with Gasteiger partial charge in [-0.2, -0.15) is 0 Å². The van der Waals surface area contributed by atoms with Gasteiger partial charge in [0, 0.05) is 22.6 Å². The SMILES string of the molecule is [N-]=[N+]=NC1(c2cc([N+](=O)[O-])cc([N+](=O)[O-])c2)N=N1. The molecule has 0 aromatic heterocycles.